The molecule has 1 saturated heterocycles. The Kier molecular flexibility index (Phi) is 7.40. The van der Waals surface area contributed by atoms with E-state index >= 15 is 0 Å². The maximum atomic E-state index is 13.3. The molecule has 0 aromatic heterocycles. The fourth-order valence-corrected chi connectivity index (χ4v) is 3.29. The molecule has 1 aliphatic rings. The van der Waals surface area contributed by atoms with E-state index in [1.165, 1.54) is 18.2 Å². The number of ether oxygens (including phenoxy) is 2. The summed E-state index contributed by atoms with van der Waals surface area (Å²) in [5.41, 5.74) is 1.10. The highest BCUT2D eigenvalue weighted by Gasteiger charge is 2.36. The number of rotatable bonds is 9. The second-order valence-corrected chi connectivity index (χ2v) is 6.97. The van der Waals surface area contributed by atoms with E-state index in [4.69, 9.17) is 9.47 Å². The van der Waals surface area contributed by atoms with Crippen molar-refractivity contribution in [3.63, 3.8) is 0 Å². The van der Waals surface area contributed by atoms with Crippen LogP contribution in [0.2, 0.25) is 0 Å². The van der Waals surface area contributed by atoms with Gasteiger partial charge in [0, 0.05) is 5.56 Å². The molecule has 1 aliphatic heterocycles. The Balaban J connectivity index is 2.07. The minimum absolute atomic E-state index is 0.132. The lowest BCUT2D eigenvalue weighted by Gasteiger charge is -2.26. The Labute approximate surface area is 190 Å². The molecule has 0 bridgehead atoms. The Morgan fingerprint density at radius 2 is 1.79 bits per heavy atom. The molecule has 2 aromatic rings. The van der Waals surface area contributed by atoms with E-state index in [0.717, 1.165) is 22.6 Å². The summed E-state index contributed by atoms with van der Waals surface area (Å²) in [4.78, 5) is 38.7. The van der Waals surface area contributed by atoms with Crippen molar-refractivity contribution in [1.29, 1.82) is 0 Å². The molecule has 1 fully saturated rings. The molecular formula is C25H23FN2O5. The first-order valence-corrected chi connectivity index (χ1v) is 10.2. The second kappa shape index (κ2) is 10.4. The smallest absolute Gasteiger partial charge is 0.335 e. The van der Waals surface area contributed by atoms with Gasteiger partial charge in [0.25, 0.3) is 11.8 Å². The van der Waals surface area contributed by atoms with Crippen molar-refractivity contribution in [3.8, 4) is 11.5 Å². The van der Waals surface area contributed by atoms with Crippen LogP contribution in [0.3, 0.4) is 0 Å². The maximum Gasteiger partial charge on any atom is 0.335 e. The molecule has 0 saturated carbocycles. The normalized spacial score (nSPS) is 14.8. The number of hydrogen-bond donors (Lipinski definition) is 1. The topological polar surface area (TPSA) is 84.9 Å². The SMILES string of the molecule is C=CCOc1c(CC=C)cc(/C=C2\C(=O)NC(=O)N(c3ccc(F)cc3)C2=O)cc1OCC. The number of carbonyl (C=O) groups excluding carboxylic acids is 3. The van der Waals surface area contributed by atoms with Gasteiger partial charge in [0.15, 0.2) is 11.5 Å². The summed E-state index contributed by atoms with van der Waals surface area (Å²) < 4.78 is 24.8. The van der Waals surface area contributed by atoms with Crippen LogP contribution in [0.15, 0.2) is 67.3 Å². The number of urea groups is 1. The van der Waals surface area contributed by atoms with Gasteiger partial charge in [-0.15, -0.1) is 6.58 Å². The van der Waals surface area contributed by atoms with Gasteiger partial charge in [-0.05, 0) is 61.4 Å². The average Bonchev–Trinajstić information content (AvgIpc) is 2.78. The van der Waals surface area contributed by atoms with Crippen molar-refractivity contribution in [2.75, 3.05) is 18.1 Å². The molecule has 4 amide bonds. The minimum atomic E-state index is -0.913. The van der Waals surface area contributed by atoms with Crippen LogP contribution >= 0.6 is 0 Å². The van der Waals surface area contributed by atoms with Crippen molar-refractivity contribution in [2.45, 2.75) is 13.3 Å². The quantitative estimate of drug-likeness (QED) is 0.352. The number of benzene rings is 2. The Hall–Kier alpha value is -4.20. The van der Waals surface area contributed by atoms with Crippen LogP contribution in [0, 0.1) is 5.82 Å². The third kappa shape index (κ3) is 5.17. The Bertz CT molecular complexity index is 1140. The lowest BCUT2D eigenvalue weighted by atomic mass is 10.0. The third-order valence-electron chi connectivity index (χ3n) is 4.66. The fraction of sp³-hybridized carbons (Fsp3) is 0.160. The Morgan fingerprint density at radius 3 is 2.42 bits per heavy atom. The molecular weight excluding hydrogens is 427 g/mol. The molecule has 1 heterocycles. The lowest BCUT2D eigenvalue weighted by Crippen LogP contribution is -2.54. The van der Waals surface area contributed by atoms with Crippen LogP contribution in [0.1, 0.15) is 18.1 Å². The van der Waals surface area contributed by atoms with Crippen molar-refractivity contribution < 1.29 is 28.2 Å². The van der Waals surface area contributed by atoms with Gasteiger partial charge in [-0.3, -0.25) is 14.9 Å². The zero-order chi connectivity index (χ0) is 24.0. The van der Waals surface area contributed by atoms with E-state index in [1.807, 2.05) is 6.92 Å². The summed E-state index contributed by atoms with van der Waals surface area (Å²) in [6, 6.07) is 7.27. The average molecular weight is 450 g/mol. The van der Waals surface area contributed by atoms with Crippen molar-refractivity contribution in [3.05, 3.63) is 84.2 Å². The summed E-state index contributed by atoms with van der Waals surface area (Å²) in [5.74, 6) is -1.24. The molecule has 2 aromatic carbocycles. The van der Waals surface area contributed by atoms with Crippen molar-refractivity contribution in [2.24, 2.45) is 0 Å². The zero-order valence-corrected chi connectivity index (χ0v) is 18.1. The predicted octanol–water partition coefficient (Wildman–Crippen LogP) is 4.18. The molecule has 170 valence electrons. The maximum absolute atomic E-state index is 13.3. The molecule has 33 heavy (non-hydrogen) atoms. The number of barbiturate groups is 1. The van der Waals surface area contributed by atoms with Gasteiger partial charge in [-0.25, -0.2) is 14.1 Å². The first kappa shape index (κ1) is 23.5. The number of allylic oxidation sites excluding steroid dienone is 1. The largest absolute Gasteiger partial charge is 0.490 e. The number of hydrogen-bond acceptors (Lipinski definition) is 5. The highest BCUT2D eigenvalue weighted by atomic mass is 19.1. The molecule has 0 unspecified atom stereocenters. The summed E-state index contributed by atoms with van der Waals surface area (Å²) in [6.07, 6.45) is 5.11. The van der Waals surface area contributed by atoms with Crippen LogP contribution in [-0.4, -0.2) is 31.1 Å². The summed E-state index contributed by atoms with van der Waals surface area (Å²) in [5, 5.41) is 2.14. The number of halogens is 1. The molecule has 8 heteroatoms. The molecule has 1 N–H and O–H groups in total. The predicted molar refractivity (Wildman–Crippen MR) is 123 cm³/mol. The Morgan fingerprint density at radius 1 is 1.06 bits per heavy atom. The molecule has 3 rings (SSSR count). The highest BCUT2D eigenvalue weighted by Crippen LogP contribution is 2.35. The number of nitrogens with one attached hydrogen (secondary N) is 1. The number of anilines is 1. The lowest BCUT2D eigenvalue weighted by molar-refractivity contribution is -0.122. The van der Waals surface area contributed by atoms with Gasteiger partial charge in [-0.1, -0.05) is 18.7 Å². The minimum Gasteiger partial charge on any atom is -0.490 e. The van der Waals surface area contributed by atoms with Gasteiger partial charge < -0.3 is 9.47 Å². The summed E-state index contributed by atoms with van der Waals surface area (Å²) >= 11 is 0. The highest BCUT2D eigenvalue weighted by molar-refractivity contribution is 6.39. The van der Waals surface area contributed by atoms with E-state index in [2.05, 4.69) is 18.5 Å². The molecule has 0 radical (unpaired) electrons. The van der Waals surface area contributed by atoms with Crippen LogP contribution < -0.4 is 19.7 Å². The van der Waals surface area contributed by atoms with E-state index in [0.29, 0.717) is 30.1 Å². The van der Waals surface area contributed by atoms with Crippen LogP contribution in [-0.2, 0) is 16.0 Å². The van der Waals surface area contributed by atoms with Gasteiger partial charge in [-0.2, -0.15) is 0 Å². The van der Waals surface area contributed by atoms with Crippen LogP contribution in [0.25, 0.3) is 6.08 Å². The third-order valence-corrected chi connectivity index (χ3v) is 4.66. The summed E-state index contributed by atoms with van der Waals surface area (Å²) in [7, 11) is 0. The number of carbonyl (C=O) groups is 3. The van der Waals surface area contributed by atoms with Crippen molar-refractivity contribution >= 4 is 29.6 Å². The summed E-state index contributed by atoms with van der Waals surface area (Å²) in [6.45, 7) is 9.86. The molecule has 7 nitrogen and oxygen atoms in total. The van der Waals surface area contributed by atoms with Crippen LogP contribution in [0.4, 0.5) is 14.9 Å². The van der Waals surface area contributed by atoms with E-state index in [1.54, 1.807) is 24.3 Å². The van der Waals surface area contributed by atoms with Crippen molar-refractivity contribution in [1.82, 2.24) is 5.32 Å². The van der Waals surface area contributed by atoms with Crippen LogP contribution in [0.5, 0.6) is 11.5 Å². The van der Waals surface area contributed by atoms with Gasteiger partial charge in [0.1, 0.15) is 18.0 Å². The number of imide groups is 2. The van der Waals surface area contributed by atoms with Gasteiger partial charge in [0.2, 0.25) is 0 Å². The second-order valence-electron chi connectivity index (χ2n) is 6.97. The first-order chi connectivity index (χ1) is 15.9. The molecule has 0 atom stereocenters. The van der Waals surface area contributed by atoms with E-state index in [-0.39, 0.29) is 17.9 Å². The molecule has 0 aliphatic carbocycles. The number of amides is 4. The van der Waals surface area contributed by atoms with Gasteiger partial charge in [0.05, 0.1) is 12.3 Å². The molecule has 0 spiro atoms. The first-order valence-electron chi connectivity index (χ1n) is 10.2. The standard InChI is InChI=1S/C25H23FN2O5/c1-4-7-17-13-16(15-21(32-6-3)22(17)33-12-5-2)14-20-23(29)27-25(31)28(24(20)30)19-10-8-18(26)9-11-19/h4-5,8-11,13-15H,1-2,6-7,12H2,3H3,(H,27,29,31)/b20-14+. The fourth-order valence-electron chi connectivity index (χ4n) is 3.29. The zero-order valence-electron chi connectivity index (χ0n) is 18.1. The monoisotopic (exact) mass is 450 g/mol. The number of nitrogens with zero attached hydrogens (tertiary/aromatic N) is 1. The van der Waals surface area contributed by atoms with E-state index < -0.39 is 23.7 Å². The van der Waals surface area contributed by atoms with E-state index in [9.17, 15) is 18.8 Å². The van der Waals surface area contributed by atoms with Gasteiger partial charge >= 0.3 is 6.03 Å².